The number of hydrogen-bond donors (Lipinski definition) is 4. The Labute approximate surface area is 193 Å². The third-order valence-corrected chi connectivity index (χ3v) is 7.08. The molecule has 1 aliphatic carbocycles. The molecule has 0 aliphatic heterocycles. The van der Waals surface area contributed by atoms with Crippen molar-refractivity contribution in [3.05, 3.63) is 39.1 Å². The number of aliphatic hydroxyl groups is 1. The Balaban J connectivity index is 0.000000285. The third-order valence-electron chi connectivity index (χ3n) is 6.28. The summed E-state index contributed by atoms with van der Waals surface area (Å²) in [5.74, 6) is -0.509. The highest BCUT2D eigenvalue weighted by molar-refractivity contribution is 6.44. The molecular weight excluding hydrogens is 437 g/mol. The number of aliphatic hydroxyl groups excluding tert-OH is 1. The Morgan fingerprint density at radius 3 is 2.35 bits per heavy atom. The molecule has 0 bridgehead atoms. The molecule has 1 aromatic heterocycles. The maximum Gasteiger partial charge on any atom is 0.248 e. The van der Waals surface area contributed by atoms with Gasteiger partial charge in [0, 0.05) is 17.2 Å². The summed E-state index contributed by atoms with van der Waals surface area (Å²) >= 11 is 12.2. The van der Waals surface area contributed by atoms with Crippen LogP contribution >= 0.6 is 23.2 Å². The number of halogens is 2. The molecule has 1 fully saturated rings. The molecule has 1 aliphatic rings. The number of hydrogen-bond acceptors (Lipinski definition) is 6. The molecule has 1 aromatic carbocycles. The topological polar surface area (TPSA) is 141 Å². The summed E-state index contributed by atoms with van der Waals surface area (Å²) in [6, 6.07) is 3.34. The standard InChI is InChI=1S/C13H12Cl2N4O2.C9H19N/c1-5-11(19-9(4-20)12(16)18-5)7-2-6(13(17)21)3-8(14)10(7)15;1-3-9(4-2)7-5-6-8(9)10/h2-3,20H,4H2,1H3,(H2,16,18)(H2,17,21);8H,3-7,10H2,1-2H3/t;8-/m.1/s1. The average Bonchev–Trinajstić information content (AvgIpc) is 3.11. The van der Waals surface area contributed by atoms with Gasteiger partial charge in [-0.1, -0.05) is 43.5 Å². The predicted octanol–water partition coefficient (Wildman–Crippen LogP) is 4.24. The van der Waals surface area contributed by atoms with Crippen molar-refractivity contribution in [2.45, 2.75) is 65.5 Å². The first-order valence-corrected chi connectivity index (χ1v) is 11.1. The van der Waals surface area contributed by atoms with Crippen LogP contribution in [0.4, 0.5) is 5.82 Å². The number of anilines is 1. The summed E-state index contributed by atoms with van der Waals surface area (Å²) in [7, 11) is 0. The summed E-state index contributed by atoms with van der Waals surface area (Å²) in [6.45, 7) is 5.86. The van der Waals surface area contributed by atoms with Crippen LogP contribution in [0.1, 0.15) is 67.7 Å². The molecule has 1 heterocycles. The molecule has 0 unspecified atom stereocenters. The highest BCUT2D eigenvalue weighted by atomic mass is 35.5. The summed E-state index contributed by atoms with van der Waals surface area (Å²) in [6.07, 6.45) is 6.50. The van der Waals surface area contributed by atoms with Gasteiger partial charge in [0.25, 0.3) is 0 Å². The van der Waals surface area contributed by atoms with E-state index < -0.39 is 5.91 Å². The molecule has 2 aromatic rings. The van der Waals surface area contributed by atoms with Gasteiger partial charge in [0.2, 0.25) is 5.91 Å². The largest absolute Gasteiger partial charge is 0.390 e. The molecule has 0 radical (unpaired) electrons. The zero-order chi connectivity index (χ0) is 23.3. The third kappa shape index (κ3) is 5.47. The number of nitrogens with zero attached hydrogens (tertiary/aromatic N) is 2. The Hall–Kier alpha value is -1.93. The molecule has 1 amide bonds. The normalized spacial score (nSPS) is 17.2. The van der Waals surface area contributed by atoms with Gasteiger partial charge in [-0.15, -0.1) is 0 Å². The summed E-state index contributed by atoms with van der Waals surface area (Å²) < 4.78 is 0. The van der Waals surface area contributed by atoms with E-state index in [1.54, 1.807) is 6.92 Å². The Morgan fingerprint density at radius 1 is 1.26 bits per heavy atom. The van der Waals surface area contributed by atoms with Crippen molar-refractivity contribution in [1.82, 2.24) is 9.97 Å². The van der Waals surface area contributed by atoms with Crippen molar-refractivity contribution in [3.8, 4) is 11.3 Å². The smallest absolute Gasteiger partial charge is 0.248 e. The van der Waals surface area contributed by atoms with Gasteiger partial charge in [-0.3, -0.25) is 4.79 Å². The number of carbonyl (C=O) groups excluding carboxylic acids is 1. The van der Waals surface area contributed by atoms with E-state index in [1.165, 1.54) is 44.2 Å². The first-order chi connectivity index (χ1) is 14.6. The molecule has 1 atom stereocenters. The fraction of sp³-hybridized carbons (Fsp3) is 0.500. The number of carbonyl (C=O) groups is 1. The maximum atomic E-state index is 11.3. The van der Waals surface area contributed by atoms with Crippen LogP contribution in [0.15, 0.2) is 12.1 Å². The highest BCUT2D eigenvalue weighted by Gasteiger charge is 2.37. The van der Waals surface area contributed by atoms with E-state index >= 15 is 0 Å². The van der Waals surface area contributed by atoms with Crippen LogP contribution in [0.5, 0.6) is 0 Å². The minimum atomic E-state index is -0.641. The van der Waals surface area contributed by atoms with Gasteiger partial charge in [0.05, 0.1) is 28.0 Å². The second-order valence-electron chi connectivity index (χ2n) is 7.90. The second-order valence-corrected chi connectivity index (χ2v) is 8.68. The Bertz CT molecular complexity index is 948. The van der Waals surface area contributed by atoms with Crippen molar-refractivity contribution >= 4 is 34.9 Å². The van der Waals surface area contributed by atoms with Crippen LogP contribution < -0.4 is 17.2 Å². The molecule has 3 rings (SSSR count). The van der Waals surface area contributed by atoms with Gasteiger partial charge < -0.3 is 22.3 Å². The molecular formula is C22H31Cl2N5O2. The number of aryl methyl sites for hydroxylation is 1. The first kappa shape index (κ1) is 25.3. The van der Waals surface area contributed by atoms with E-state index in [9.17, 15) is 9.90 Å². The van der Waals surface area contributed by atoms with E-state index in [-0.39, 0.29) is 33.7 Å². The fourth-order valence-electron chi connectivity index (χ4n) is 4.14. The van der Waals surface area contributed by atoms with Crippen LogP contribution in [0.2, 0.25) is 10.0 Å². The zero-order valence-corrected chi connectivity index (χ0v) is 19.7. The number of rotatable bonds is 5. The second kappa shape index (κ2) is 10.6. The molecule has 7 nitrogen and oxygen atoms in total. The van der Waals surface area contributed by atoms with Crippen LogP contribution in [0, 0.1) is 12.3 Å². The molecule has 0 spiro atoms. The predicted molar refractivity (Wildman–Crippen MR) is 126 cm³/mol. The van der Waals surface area contributed by atoms with Gasteiger partial charge in [-0.25, -0.2) is 9.97 Å². The van der Waals surface area contributed by atoms with Crippen LogP contribution in [-0.4, -0.2) is 27.0 Å². The van der Waals surface area contributed by atoms with Gasteiger partial charge in [-0.05, 0) is 50.2 Å². The van der Waals surface area contributed by atoms with E-state index in [0.29, 0.717) is 28.4 Å². The van der Waals surface area contributed by atoms with Crippen molar-refractivity contribution in [3.63, 3.8) is 0 Å². The fourth-order valence-corrected chi connectivity index (χ4v) is 4.56. The lowest BCUT2D eigenvalue weighted by Gasteiger charge is -2.30. The number of nitrogens with two attached hydrogens (primary N) is 3. The molecule has 1 saturated carbocycles. The molecule has 0 saturated heterocycles. The summed E-state index contributed by atoms with van der Waals surface area (Å²) in [4.78, 5) is 19.7. The number of primary amides is 1. The van der Waals surface area contributed by atoms with Crippen molar-refractivity contribution < 1.29 is 9.90 Å². The monoisotopic (exact) mass is 467 g/mol. The van der Waals surface area contributed by atoms with Gasteiger partial charge in [0.15, 0.2) is 0 Å². The molecule has 9 heteroatoms. The number of nitrogen functional groups attached to an aromatic ring is 1. The SMILES string of the molecule is CCC1(CC)CCC[C@H]1N.Cc1nc(N)c(CO)nc1-c1cc(C(N)=O)cc(Cl)c1Cl. The quantitative estimate of drug-likeness (QED) is 0.517. The Kier molecular flexibility index (Phi) is 8.65. The maximum absolute atomic E-state index is 11.3. The highest BCUT2D eigenvalue weighted by Crippen LogP contribution is 2.42. The molecule has 7 N–H and O–H groups in total. The summed E-state index contributed by atoms with van der Waals surface area (Å²) in [5.41, 5.74) is 19.1. The summed E-state index contributed by atoms with van der Waals surface area (Å²) in [5, 5.41) is 9.62. The minimum Gasteiger partial charge on any atom is -0.390 e. The number of aromatic nitrogens is 2. The average molecular weight is 468 g/mol. The first-order valence-electron chi connectivity index (χ1n) is 10.4. The van der Waals surface area contributed by atoms with Crippen LogP contribution in [0.3, 0.4) is 0 Å². The van der Waals surface area contributed by atoms with E-state index in [2.05, 4.69) is 23.8 Å². The Morgan fingerprint density at radius 2 is 1.90 bits per heavy atom. The van der Waals surface area contributed by atoms with Gasteiger partial charge in [-0.2, -0.15) is 0 Å². The van der Waals surface area contributed by atoms with Crippen molar-refractivity contribution in [2.75, 3.05) is 5.73 Å². The minimum absolute atomic E-state index is 0.132. The van der Waals surface area contributed by atoms with Crippen LogP contribution in [-0.2, 0) is 6.61 Å². The van der Waals surface area contributed by atoms with E-state index in [1.807, 2.05) is 0 Å². The molecule has 170 valence electrons. The van der Waals surface area contributed by atoms with Crippen molar-refractivity contribution in [2.24, 2.45) is 16.9 Å². The number of amides is 1. The zero-order valence-electron chi connectivity index (χ0n) is 18.2. The van der Waals surface area contributed by atoms with Gasteiger partial charge >= 0.3 is 0 Å². The van der Waals surface area contributed by atoms with Crippen molar-refractivity contribution in [1.29, 1.82) is 0 Å². The number of benzene rings is 1. The lowest BCUT2D eigenvalue weighted by Crippen LogP contribution is -2.35. The molecule has 31 heavy (non-hydrogen) atoms. The lowest BCUT2D eigenvalue weighted by molar-refractivity contribution is 0.100. The van der Waals surface area contributed by atoms with Crippen LogP contribution in [0.25, 0.3) is 11.3 Å². The van der Waals surface area contributed by atoms with E-state index in [4.69, 9.17) is 40.4 Å². The van der Waals surface area contributed by atoms with Gasteiger partial charge in [0.1, 0.15) is 11.5 Å². The lowest BCUT2D eigenvalue weighted by atomic mass is 9.78. The van der Waals surface area contributed by atoms with E-state index in [0.717, 1.165) is 0 Å².